The molecule has 0 radical (unpaired) electrons. The van der Waals surface area contributed by atoms with Crippen molar-refractivity contribution < 1.29 is 32.2 Å². The first kappa shape index (κ1) is 20.9. The number of carbonyl (C=O) groups is 1. The second-order valence-corrected chi connectivity index (χ2v) is 6.70. The standard InChI is InChI=1S/C19H19F3N2O5/c20-13-5-10(6-14(21)17(13)22)12(8-16(23)26)19-18(27)15(25)7-11(29-19)9-24-1-3-28-4-2-24/h5-7,12,27H,1-4,8-9H2,(H2,23,26). The molecule has 0 spiro atoms. The normalized spacial score (nSPS) is 16.0. The molecule has 2 heterocycles. The van der Waals surface area contributed by atoms with Crippen LogP contribution in [0.1, 0.15) is 29.4 Å². The fourth-order valence-corrected chi connectivity index (χ4v) is 3.19. The van der Waals surface area contributed by atoms with Crippen molar-refractivity contribution in [1.82, 2.24) is 4.90 Å². The zero-order valence-electron chi connectivity index (χ0n) is 15.3. The van der Waals surface area contributed by atoms with E-state index in [-0.39, 0.29) is 23.6 Å². The zero-order chi connectivity index (χ0) is 21.1. The van der Waals surface area contributed by atoms with Crippen molar-refractivity contribution in [1.29, 1.82) is 0 Å². The first-order valence-corrected chi connectivity index (χ1v) is 8.85. The summed E-state index contributed by atoms with van der Waals surface area (Å²) >= 11 is 0. The van der Waals surface area contributed by atoms with Gasteiger partial charge in [0.25, 0.3) is 0 Å². The van der Waals surface area contributed by atoms with Crippen LogP contribution in [0, 0.1) is 17.5 Å². The second-order valence-electron chi connectivity index (χ2n) is 6.70. The van der Waals surface area contributed by atoms with Crippen LogP contribution in [0.25, 0.3) is 0 Å². The van der Waals surface area contributed by atoms with E-state index in [4.69, 9.17) is 14.9 Å². The van der Waals surface area contributed by atoms with E-state index < -0.39 is 46.9 Å². The van der Waals surface area contributed by atoms with Crippen LogP contribution in [0.2, 0.25) is 0 Å². The molecule has 10 heteroatoms. The number of ether oxygens (including phenoxy) is 1. The van der Waals surface area contributed by atoms with Crippen LogP contribution >= 0.6 is 0 Å². The van der Waals surface area contributed by atoms with Gasteiger partial charge in [0.1, 0.15) is 5.76 Å². The third kappa shape index (κ3) is 4.77. The summed E-state index contributed by atoms with van der Waals surface area (Å²) in [4.78, 5) is 25.7. The molecule has 3 rings (SSSR count). The highest BCUT2D eigenvalue weighted by atomic mass is 19.2. The van der Waals surface area contributed by atoms with E-state index in [9.17, 15) is 27.9 Å². The molecule has 1 aliphatic heterocycles. The van der Waals surface area contributed by atoms with Crippen LogP contribution < -0.4 is 11.2 Å². The molecule has 1 atom stereocenters. The number of primary amides is 1. The second kappa shape index (κ2) is 8.66. The Morgan fingerprint density at radius 2 is 1.79 bits per heavy atom. The summed E-state index contributed by atoms with van der Waals surface area (Å²) in [6, 6.07) is 2.43. The lowest BCUT2D eigenvalue weighted by Gasteiger charge is -2.26. The molecule has 7 nitrogen and oxygen atoms in total. The van der Waals surface area contributed by atoms with Crippen molar-refractivity contribution >= 4 is 5.91 Å². The van der Waals surface area contributed by atoms with Crippen molar-refractivity contribution in [2.75, 3.05) is 26.3 Å². The molecule has 29 heavy (non-hydrogen) atoms. The van der Waals surface area contributed by atoms with E-state index in [1.54, 1.807) is 0 Å². The molecule has 1 fully saturated rings. The Labute approximate surface area is 163 Å². The van der Waals surface area contributed by atoms with Gasteiger partial charge < -0.3 is 20.0 Å². The third-order valence-corrected chi connectivity index (χ3v) is 4.61. The number of nitrogens with zero attached hydrogens (tertiary/aromatic N) is 1. The Morgan fingerprint density at radius 3 is 2.38 bits per heavy atom. The summed E-state index contributed by atoms with van der Waals surface area (Å²) in [5, 5.41) is 10.2. The molecule has 1 saturated heterocycles. The molecule has 1 unspecified atom stereocenters. The fraction of sp³-hybridized carbons (Fsp3) is 0.368. The molecule has 2 aromatic rings. The van der Waals surface area contributed by atoms with E-state index >= 15 is 0 Å². The maximum atomic E-state index is 13.7. The lowest BCUT2D eigenvalue weighted by molar-refractivity contribution is -0.118. The minimum Gasteiger partial charge on any atom is -0.502 e. The summed E-state index contributed by atoms with van der Waals surface area (Å²) < 4.78 is 51.7. The number of morpholine rings is 1. The molecule has 1 aromatic heterocycles. The van der Waals surface area contributed by atoms with E-state index in [0.717, 1.165) is 6.07 Å². The molecular weight excluding hydrogens is 393 g/mol. The minimum atomic E-state index is -1.68. The molecule has 3 N–H and O–H groups in total. The quantitative estimate of drug-likeness (QED) is 0.699. The molecule has 1 aliphatic rings. The fourth-order valence-electron chi connectivity index (χ4n) is 3.19. The van der Waals surface area contributed by atoms with Crippen molar-refractivity contribution in [3.8, 4) is 5.75 Å². The molecule has 156 valence electrons. The molecule has 0 saturated carbocycles. The Hall–Kier alpha value is -2.85. The number of halogens is 3. The van der Waals surface area contributed by atoms with Crippen molar-refractivity contribution in [3.63, 3.8) is 0 Å². The number of hydrogen-bond acceptors (Lipinski definition) is 6. The number of nitrogens with two attached hydrogens (primary N) is 1. The first-order chi connectivity index (χ1) is 13.8. The summed E-state index contributed by atoms with van der Waals surface area (Å²) in [5.74, 6) is -7.81. The number of carbonyl (C=O) groups excluding carboxylic acids is 1. The van der Waals surface area contributed by atoms with Gasteiger partial charge in [-0.2, -0.15) is 0 Å². The number of benzene rings is 1. The van der Waals surface area contributed by atoms with Gasteiger partial charge in [-0.25, -0.2) is 13.2 Å². The Morgan fingerprint density at radius 1 is 1.17 bits per heavy atom. The van der Waals surface area contributed by atoms with E-state index in [1.165, 1.54) is 0 Å². The molecule has 1 amide bonds. The van der Waals surface area contributed by atoms with E-state index in [0.29, 0.717) is 38.4 Å². The Kier molecular flexibility index (Phi) is 6.23. The summed E-state index contributed by atoms with van der Waals surface area (Å²) in [5.41, 5.74) is 4.23. The average molecular weight is 412 g/mol. The maximum absolute atomic E-state index is 13.7. The summed E-state index contributed by atoms with van der Waals surface area (Å²) in [6.07, 6.45) is -0.526. The van der Waals surface area contributed by atoms with Gasteiger partial charge in [-0.3, -0.25) is 14.5 Å². The van der Waals surface area contributed by atoms with E-state index in [2.05, 4.69) is 0 Å². The number of hydrogen-bond donors (Lipinski definition) is 2. The zero-order valence-corrected chi connectivity index (χ0v) is 15.3. The maximum Gasteiger partial charge on any atom is 0.227 e. The largest absolute Gasteiger partial charge is 0.502 e. The van der Waals surface area contributed by atoms with Gasteiger partial charge in [0, 0.05) is 25.6 Å². The van der Waals surface area contributed by atoms with Crippen molar-refractivity contribution in [2.24, 2.45) is 5.73 Å². The lowest BCUT2D eigenvalue weighted by Crippen LogP contribution is -2.35. The topological polar surface area (TPSA) is 106 Å². The highest BCUT2D eigenvalue weighted by molar-refractivity contribution is 5.75. The van der Waals surface area contributed by atoms with Gasteiger partial charge in [0.2, 0.25) is 17.1 Å². The van der Waals surface area contributed by atoms with Gasteiger partial charge in [0.05, 0.1) is 25.7 Å². The smallest absolute Gasteiger partial charge is 0.227 e. The monoisotopic (exact) mass is 412 g/mol. The van der Waals surface area contributed by atoms with Crippen LogP contribution in [0.5, 0.6) is 5.75 Å². The van der Waals surface area contributed by atoms with Gasteiger partial charge in [-0.15, -0.1) is 0 Å². The van der Waals surface area contributed by atoms with Crippen LogP contribution in [0.4, 0.5) is 13.2 Å². The predicted octanol–water partition coefficient (Wildman–Crippen LogP) is 1.60. The SMILES string of the molecule is NC(=O)CC(c1cc(F)c(F)c(F)c1)c1oc(CN2CCOCC2)cc(=O)c1O. The predicted molar refractivity (Wildman–Crippen MR) is 94.7 cm³/mol. The third-order valence-electron chi connectivity index (χ3n) is 4.61. The van der Waals surface area contributed by atoms with Gasteiger partial charge in [-0.05, 0) is 17.7 Å². The van der Waals surface area contributed by atoms with Crippen molar-refractivity contribution in [3.05, 3.63) is 63.0 Å². The Bertz CT molecular complexity index is 950. The van der Waals surface area contributed by atoms with Gasteiger partial charge >= 0.3 is 0 Å². The van der Waals surface area contributed by atoms with Crippen LogP contribution in [-0.4, -0.2) is 42.2 Å². The van der Waals surface area contributed by atoms with Crippen LogP contribution in [0.3, 0.4) is 0 Å². The molecule has 0 bridgehead atoms. The average Bonchev–Trinajstić information content (AvgIpc) is 2.67. The highest BCUT2D eigenvalue weighted by Crippen LogP contribution is 2.34. The number of amides is 1. The summed E-state index contributed by atoms with van der Waals surface area (Å²) in [7, 11) is 0. The molecule has 0 aliphatic carbocycles. The lowest BCUT2D eigenvalue weighted by atomic mass is 9.91. The number of rotatable bonds is 6. The molecular formula is C19H19F3N2O5. The summed E-state index contributed by atoms with van der Waals surface area (Å²) in [6.45, 7) is 2.43. The minimum absolute atomic E-state index is 0.183. The van der Waals surface area contributed by atoms with Gasteiger partial charge in [-0.1, -0.05) is 0 Å². The van der Waals surface area contributed by atoms with Crippen LogP contribution in [-0.2, 0) is 16.1 Å². The van der Waals surface area contributed by atoms with Crippen molar-refractivity contribution in [2.45, 2.75) is 18.9 Å². The first-order valence-electron chi connectivity index (χ1n) is 8.85. The van der Waals surface area contributed by atoms with Crippen LogP contribution in [0.15, 0.2) is 27.4 Å². The highest BCUT2D eigenvalue weighted by Gasteiger charge is 2.28. The number of aromatic hydroxyl groups is 1. The Balaban J connectivity index is 2.05. The molecule has 1 aromatic carbocycles. The van der Waals surface area contributed by atoms with Gasteiger partial charge in [0.15, 0.2) is 23.2 Å². The van der Waals surface area contributed by atoms with E-state index in [1.807, 2.05) is 4.90 Å².